The van der Waals surface area contributed by atoms with Gasteiger partial charge >= 0.3 is 0 Å². The molecule has 0 unspecified atom stereocenters. The number of carbonyl (C=O) groups is 1. The van der Waals surface area contributed by atoms with E-state index in [1.165, 1.54) is 0 Å². The number of para-hydroxylation sites is 1. The maximum Gasteiger partial charge on any atom is 0.247 e. The predicted octanol–water partition coefficient (Wildman–Crippen LogP) is 4.83. The van der Waals surface area contributed by atoms with Crippen LogP contribution in [0.3, 0.4) is 0 Å². The Morgan fingerprint density at radius 3 is 2.86 bits per heavy atom. The summed E-state index contributed by atoms with van der Waals surface area (Å²) >= 11 is 1.60. The number of nitrogens with zero attached hydrogens (tertiary/aromatic N) is 2. The van der Waals surface area contributed by atoms with Gasteiger partial charge in [-0.15, -0.1) is 11.3 Å². The number of rotatable bonds is 3. The Balaban J connectivity index is 1.34. The van der Waals surface area contributed by atoms with E-state index in [1.54, 1.807) is 17.4 Å². The molecule has 0 radical (unpaired) electrons. The standard InChI is InChI=1S/C23H22N2O3S/c26-23(11-10-22-24-17-5-1-2-7-21(17)29-22)25-12-3-6-18(25)16-8-9-19-20(15-16)28-14-4-13-27-19/h1-2,5,7-11,15,18H,3-4,6,12-14H2/b11-10+/t18-/m0/s1. The van der Waals surface area contributed by atoms with E-state index >= 15 is 0 Å². The molecule has 3 heterocycles. The summed E-state index contributed by atoms with van der Waals surface area (Å²) in [7, 11) is 0. The third-order valence-electron chi connectivity index (χ3n) is 5.37. The van der Waals surface area contributed by atoms with Crippen LogP contribution in [0.2, 0.25) is 0 Å². The van der Waals surface area contributed by atoms with Gasteiger partial charge in [-0.25, -0.2) is 4.98 Å². The highest BCUT2D eigenvalue weighted by atomic mass is 32.1. The molecule has 5 rings (SSSR count). The summed E-state index contributed by atoms with van der Waals surface area (Å²) in [6, 6.07) is 14.1. The number of likely N-dealkylation sites (tertiary alicyclic amines) is 1. The first kappa shape index (κ1) is 18.2. The fourth-order valence-electron chi connectivity index (χ4n) is 3.96. The highest BCUT2D eigenvalue weighted by Crippen LogP contribution is 2.38. The molecule has 6 heteroatoms. The topological polar surface area (TPSA) is 51.7 Å². The van der Waals surface area contributed by atoms with Gasteiger partial charge in [-0.05, 0) is 48.7 Å². The molecular formula is C23H22N2O3S. The number of benzene rings is 2. The Hall–Kier alpha value is -2.86. The van der Waals surface area contributed by atoms with Crippen LogP contribution in [0.25, 0.3) is 16.3 Å². The molecule has 1 atom stereocenters. The molecule has 0 saturated carbocycles. The van der Waals surface area contributed by atoms with Crippen LogP contribution in [0, 0.1) is 0 Å². The van der Waals surface area contributed by atoms with E-state index in [0.29, 0.717) is 13.2 Å². The van der Waals surface area contributed by atoms with Crippen LogP contribution in [0.4, 0.5) is 0 Å². The molecule has 2 aromatic carbocycles. The van der Waals surface area contributed by atoms with Crippen LogP contribution in [0.5, 0.6) is 11.5 Å². The van der Waals surface area contributed by atoms with Gasteiger partial charge in [0.15, 0.2) is 11.5 Å². The van der Waals surface area contributed by atoms with Crippen molar-refractivity contribution in [1.82, 2.24) is 9.88 Å². The van der Waals surface area contributed by atoms with Gasteiger partial charge in [0, 0.05) is 19.0 Å². The first-order valence-corrected chi connectivity index (χ1v) is 10.8. The fourth-order valence-corrected chi connectivity index (χ4v) is 4.83. The van der Waals surface area contributed by atoms with Gasteiger partial charge in [0.2, 0.25) is 5.91 Å². The normalized spacial score (nSPS) is 19.0. The van der Waals surface area contributed by atoms with Crippen molar-refractivity contribution in [2.45, 2.75) is 25.3 Å². The Labute approximate surface area is 173 Å². The predicted molar refractivity (Wildman–Crippen MR) is 114 cm³/mol. The zero-order valence-electron chi connectivity index (χ0n) is 16.0. The molecule has 0 spiro atoms. The summed E-state index contributed by atoms with van der Waals surface area (Å²) in [5.41, 5.74) is 2.07. The average molecular weight is 407 g/mol. The summed E-state index contributed by atoms with van der Waals surface area (Å²) in [6.07, 6.45) is 6.32. The van der Waals surface area contributed by atoms with Crippen LogP contribution in [-0.2, 0) is 4.79 Å². The quantitative estimate of drug-likeness (QED) is 0.585. The lowest BCUT2D eigenvalue weighted by molar-refractivity contribution is -0.126. The van der Waals surface area contributed by atoms with Crippen LogP contribution >= 0.6 is 11.3 Å². The maximum atomic E-state index is 12.9. The van der Waals surface area contributed by atoms with Gasteiger partial charge in [-0.2, -0.15) is 0 Å². The lowest BCUT2D eigenvalue weighted by atomic mass is 10.0. The fraction of sp³-hybridized carbons (Fsp3) is 0.304. The smallest absolute Gasteiger partial charge is 0.247 e. The third-order valence-corrected chi connectivity index (χ3v) is 6.37. The minimum absolute atomic E-state index is 0.0267. The number of hydrogen-bond donors (Lipinski definition) is 0. The SMILES string of the molecule is O=C(/C=C/c1nc2ccccc2s1)N1CCC[C@H]1c1ccc2c(c1)OCCCO2. The molecule has 2 aliphatic heterocycles. The molecule has 0 N–H and O–H groups in total. The zero-order valence-corrected chi connectivity index (χ0v) is 16.9. The third kappa shape index (κ3) is 3.72. The average Bonchev–Trinajstić information content (AvgIpc) is 3.33. The monoisotopic (exact) mass is 406 g/mol. The van der Waals surface area contributed by atoms with Crippen LogP contribution in [-0.4, -0.2) is 35.5 Å². The lowest BCUT2D eigenvalue weighted by Gasteiger charge is -2.24. The maximum absolute atomic E-state index is 12.9. The molecule has 2 aliphatic rings. The Morgan fingerprint density at radius 2 is 1.97 bits per heavy atom. The van der Waals surface area contributed by atoms with E-state index in [1.807, 2.05) is 47.4 Å². The van der Waals surface area contributed by atoms with Crippen molar-refractivity contribution in [3.8, 4) is 11.5 Å². The second-order valence-electron chi connectivity index (χ2n) is 7.30. The number of thiazole rings is 1. The molecule has 5 nitrogen and oxygen atoms in total. The summed E-state index contributed by atoms with van der Waals surface area (Å²) in [6.45, 7) is 2.10. The first-order chi connectivity index (χ1) is 14.3. The van der Waals surface area contributed by atoms with Gasteiger partial charge in [0.1, 0.15) is 5.01 Å². The minimum Gasteiger partial charge on any atom is -0.490 e. The van der Waals surface area contributed by atoms with Gasteiger partial charge in [0.05, 0.1) is 29.5 Å². The number of hydrogen-bond acceptors (Lipinski definition) is 5. The Kier molecular flexibility index (Phi) is 4.94. The van der Waals surface area contributed by atoms with Crippen molar-refractivity contribution < 1.29 is 14.3 Å². The molecule has 3 aromatic rings. The molecule has 1 aromatic heterocycles. The van der Waals surface area contributed by atoms with Crippen molar-refractivity contribution in [1.29, 1.82) is 0 Å². The van der Waals surface area contributed by atoms with Gasteiger partial charge in [0.25, 0.3) is 0 Å². The van der Waals surface area contributed by atoms with E-state index in [9.17, 15) is 4.79 Å². The van der Waals surface area contributed by atoms with Gasteiger partial charge < -0.3 is 14.4 Å². The summed E-state index contributed by atoms with van der Waals surface area (Å²) < 4.78 is 12.7. The van der Waals surface area contributed by atoms with Gasteiger partial charge in [-0.1, -0.05) is 18.2 Å². The molecule has 148 valence electrons. The summed E-state index contributed by atoms with van der Waals surface area (Å²) in [4.78, 5) is 19.4. The van der Waals surface area contributed by atoms with E-state index < -0.39 is 0 Å². The van der Waals surface area contributed by atoms with Crippen LogP contribution < -0.4 is 9.47 Å². The molecular weight excluding hydrogens is 384 g/mol. The second-order valence-corrected chi connectivity index (χ2v) is 8.36. The largest absolute Gasteiger partial charge is 0.490 e. The first-order valence-electron chi connectivity index (χ1n) is 10.0. The number of amides is 1. The van der Waals surface area contributed by atoms with Gasteiger partial charge in [-0.3, -0.25) is 4.79 Å². The molecule has 1 amide bonds. The van der Waals surface area contributed by atoms with Crippen molar-refractivity contribution in [3.63, 3.8) is 0 Å². The van der Waals surface area contributed by atoms with Crippen molar-refractivity contribution in [3.05, 3.63) is 59.1 Å². The summed E-state index contributed by atoms with van der Waals surface area (Å²) in [5.74, 6) is 1.60. The number of fused-ring (bicyclic) bond motifs is 2. The van der Waals surface area contributed by atoms with E-state index in [4.69, 9.17) is 9.47 Å². The van der Waals surface area contributed by atoms with Crippen molar-refractivity contribution in [2.24, 2.45) is 0 Å². The molecule has 29 heavy (non-hydrogen) atoms. The van der Waals surface area contributed by atoms with E-state index in [2.05, 4.69) is 11.1 Å². The zero-order chi connectivity index (χ0) is 19.6. The van der Waals surface area contributed by atoms with Crippen LogP contribution in [0.1, 0.15) is 35.9 Å². The molecule has 0 aliphatic carbocycles. The minimum atomic E-state index is 0.0267. The second kappa shape index (κ2) is 7.87. The Morgan fingerprint density at radius 1 is 1.10 bits per heavy atom. The molecule has 1 saturated heterocycles. The van der Waals surface area contributed by atoms with E-state index in [0.717, 1.165) is 58.1 Å². The Bertz CT molecular complexity index is 1040. The van der Waals surface area contributed by atoms with Crippen molar-refractivity contribution in [2.75, 3.05) is 19.8 Å². The number of ether oxygens (including phenoxy) is 2. The van der Waals surface area contributed by atoms with Crippen LogP contribution in [0.15, 0.2) is 48.5 Å². The summed E-state index contributed by atoms with van der Waals surface area (Å²) in [5, 5.41) is 0.853. The number of aromatic nitrogens is 1. The highest BCUT2D eigenvalue weighted by molar-refractivity contribution is 7.19. The van der Waals surface area contributed by atoms with E-state index in [-0.39, 0.29) is 11.9 Å². The van der Waals surface area contributed by atoms with Crippen molar-refractivity contribution >= 4 is 33.5 Å². The molecule has 0 bridgehead atoms. The molecule has 1 fully saturated rings. The number of carbonyl (C=O) groups excluding carboxylic acids is 1. The highest BCUT2D eigenvalue weighted by Gasteiger charge is 2.29. The lowest BCUT2D eigenvalue weighted by Crippen LogP contribution is -2.28.